The van der Waals surface area contributed by atoms with Gasteiger partial charge in [0.05, 0.1) is 17.4 Å². The smallest absolute Gasteiger partial charge is 0.267 e. The minimum absolute atomic E-state index is 0.148. The van der Waals surface area contributed by atoms with Crippen LogP contribution in [0.3, 0.4) is 0 Å². The summed E-state index contributed by atoms with van der Waals surface area (Å²) in [6, 6.07) is 9.53. The van der Waals surface area contributed by atoms with Crippen LogP contribution < -0.4 is 10.6 Å². The van der Waals surface area contributed by atoms with Gasteiger partial charge in [-0.15, -0.1) is 0 Å². The Hall–Kier alpha value is -3.39. The summed E-state index contributed by atoms with van der Waals surface area (Å²) in [6.45, 7) is 5.70. The zero-order valence-electron chi connectivity index (χ0n) is 16.6. The molecule has 0 radical (unpaired) electrons. The number of fused-ring (bicyclic) bond motifs is 1. The summed E-state index contributed by atoms with van der Waals surface area (Å²) in [7, 11) is 1.90. The van der Waals surface area contributed by atoms with Crippen LogP contribution in [-0.2, 0) is 7.05 Å². The van der Waals surface area contributed by atoms with E-state index in [4.69, 9.17) is 0 Å². The van der Waals surface area contributed by atoms with Gasteiger partial charge in [-0.3, -0.25) is 9.48 Å². The number of carbonyl (C=O) groups excluding carboxylic acids is 1. The number of thiazole rings is 1. The lowest BCUT2D eigenvalue weighted by Gasteiger charge is -2.11. The number of hydrogen-bond acceptors (Lipinski definition) is 6. The average Bonchev–Trinajstić information content (AvgIpc) is 3.27. The molecule has 0 atom stereocenters. The molecule has 0 fully saturated rings. The third-order valence-corrected chi connectivity index (χ3v) is 5.76. The molecule has 2 heterocycles. The fraction of sp³-hybridized carbons (Fsp3) is 0.190. The van der Waals surface area contributed by atoms with Crippen molar-refractivity contribution in [3.8, 4) is 5.75 Å². The maximum Gasteiger partial charge on any atom is 0.267 e. The van der Waals surface area contributed by atoms with E-state index < -0.39 is 0 Å². The minimum atomic E-state index is -0.270. The van der Waals surface area contributed by atoms with E-state index in [1.807, 2.05) is 37.7 Å². The lowest BCUT2D eigenvalue weighted by atomic mass is 10.1. The minimum Gasteiger partial charge on any atom is -0.508 e. The van der Waals surface area contributed by atoms with Gasteiger partial charge in [0.15, 0.2) is 10.9 Å². The Morgan fingerprint density at radius 3 is 2.76 bits per heavy atom. The molecule has 0 saturated heterocycles. The van der Waals surface area contributed by atoms with Gasteiger partial charge in [0.1, 0.15) is 10.6 Å². The molecular formula is C21H21N5O2S. The van der Waals surface area contributed by atoms with Crippen molar-refractivity contribution < 1.29 is 9.90 Å². The number of aromatic hydroxyl groups is 1. The number of nitrogens with one attached hydrogen (secondary N) is 2. The zero-order chi connectivity index (χ0) is 20.7. The van der Waals surface area contributed by atoms with Crippen LogP contribution in [0.5, 0.6) is 5.75 Å². The van der Waals surface area contributed by atoms with Gasteiger partial charge in [-0.1, -0.05) is 23.5 Å². The quantitative estimate of drug-likeness (QED) is 0.458. The number of hydrogen-bond donors (Lipinski definition) is 3. The first kappa shape index (κ1) is 18.9. The third-order valence-electron chi connectivity index (χ3n) is 4.85. The second-order valence-corrected chi connectivity index (χ2v) is 8.03. The number of anilines is 3. The topological polar surface area (TPSA) is 92.1 Å². The van der Waals surface area contributed by atoms with Gasteiger partial charge in [-0.25, -0.2) is 4.98 Å². The number of amides is 1. The van der Waals surface area contributed by atoms with Crippen LogP contribution in [-0.4, -0.2) is 25.8 Å². The number of nitrogens with zero attached hydrogens (tertiary/aromatic N) is 3. The molecular weight excluding hydrogens is 386 g/mol. The van der Waals surface area contributed by atoms with Crippen LogP contribution in [0.2, 0.25) is 0 Å². The molecule has 8 heteroatoms. The molecule has 0 bridgehead atoms. The van der Waals surface area contributed by atoms with Crippen LogP contribution in [0.25, 0.3) is 10.9 Å². The number of aromatic nitrogens is 3. The van der Waals surface area contributed by atoms with Gasteiger partial charge < -0.3 is 15.7 Å². The first-order valence-corrected chi connectivity index (χ1v) is 9.92. The molecule has 0 spiro atoms. The van der Waals surface area contributed by atoms with Crippen molar-refractivity contribution in [2.75, 3.05) is 10.6 Å². The summed E-state index contributed by atoms with van der Waals surface area (Å²) >= 11 is 1.25. The fourth-order valence-corrected chi connectivity index (χ4v) is 3.91. The fourth-order valence-electron chi connectivity index (χ4n) is 3.20. The molecule has 0 aliphatic carbocycles. The van der Waals surface area contributed by atoms with E-state index in [1.54, 1.807) is 19.1 Å². The molecule has 3 N–H and O–H groups in total. The van der Waals surface area contributed by atoms with Crippen molar-refractivity contribution in [1.82, 2.24) is 14.8 Å². The maximum absolute atomic E-state index is 12.7. The summed E-state index contributed by atoms with van der Waals surface area (Å²) < 4.78 is 1.82. The van der Waals surface area contributed by atoms with Crippen LogP contribution in [0.4, 0.5) is 16.6 Å². The van der Waals surface area contributed by atoms with Gasteiger partial charge in [0.25, 0.3) is 5.91 Å². The Bertz CT molecular complexity index is 1240. The summed E-state index contributed by atoms with van der Waals surface area (Å²) in [6.07, 6.45) is 1.53. The van der Waals surface area contributed by atoms with Crippen molar-refractivity contribution in [2.45, 2.75) is 20.8 Å². The molecule has 0 aliphatic heterocycles. The molecule has 4 aromatic rings. The summed E-state index contributed by atoms with van der Waals surface area (Å²) in [5.41, 5.74) is 4.32. The molecule has 29 heavy (non-hydrogen) atoms. The largest absolute Gasteiger partial charge is 0.508 e. The van der Waals surface area contributed by atoms with E-state index in [-0.39, 0.29) is 11.7 Å². The van der Waals surface area contributed by atoms with Crippen LogP contribution in [0, 0.1) is 20.8 Å². The Labute approximate surface area is 172 Å². The molecule has 0 aliphatic rings. The van der Waals surface area contributed by atoms with Gasteiger partial charge in [-0.05, 0) is 50.1 Å². The van der Waals surface area contributed by atoms with Gasteiger partial charge in [0.2, 0.25) is 0 Å². The molecule has 1 amide bonds. The number of phenolic OH excluding ortho intramolecular Hbond substituents is 1. The predicted molar refractivity (Wildman–Crippen MR) is 116 cm³/mol. The SMILES string of the molecule is Cc1ccc2c(Nc3ncc(C(=O)Nc4c(C)ccc(O)c4C)s3)nn(C)c2c1. The first-order chi connectivity index (χ1) is 13.8. The van der Waals surface area contributed by atoms with E-state index in [0.717, 1.165) is 22.0 Å². The van der Waals surface area contributed by atoms with Crippen molar-refractivity contribution in [2.24, 2.45) is 7.05 Å². The molecule has 7 nitrogen and oxygen atoms in total. The molecule has 0 saturated carbocycles. The van der Waals surface area contributed by atoms with E-state index in [2.05, 4.69) is 26.8 Å². The molecule has 2 aromatic carbocycles. The van der Waals surface area contributed by atoms with Gasteiger partial charge in [-0.2, -0.15) is 5.10 Å². The van der Waals surface area contributed by atoms with E-state index in [1.165, 1.54) is 17.5 Å². The normalized spacial score (nSPS) is 11.0. The second kappa shape index (κ2) is 7.21. The number of aryl methyl sites for hydroxylation is 3. The lowest BCUT2D eigenvalue weighted by molar-refractivity contribution is 0.103. The van der Waals surface area contributed by atoms with Crippen molar-refractivity contribution in [3.63, 3.8) is 0 Å². The van der Waals surface area contributed by atoms with Gasteiger partial charge >= 0.3 is 0 Å². The Kier molecular flexibility index (Phi) is 4.71. The summed E-state index contributed by atoms with van der Waals surface area (Å²) in [5, 5.41) is 22.1. The first-order valence-electron chi connectivity index (χ1n) is 9.10. The molecule has 0 unspecified atom stereocenters. The number of carbonyl (C=O) groups is 1. The predicted octanol–water partition coefficient (Wildman–Crippen LogP) is 4.66. The number of phenols is 1. The highest BCUT2D eigenvalue weighted by atomic mass is 32.1. The number of benzene rings is 2. The third kappa shape index (κ3) is 3.54. The number of rotatable bonds is 4. The monoisotopic (exact) mass is 407 g/mol. The Balaban J connectivity index is 1.56. The van der Waals surface area contributed by atoms with E-state index in [0.29, 0.717) is 27.1 Å². The highest BCUT2D eigenvalue weighted by Crippen LogP contribution is 2.31. The van der Waals surface area contributed by atoms with Crippen molar-refractivity contribution in [1.29, 1.82) is 0 Å². The summed E-state index contributed by atoms with van der Waals surface area (Å²) in [4.78, 5) is 17.5. The highest BCUT2D eigenvalue weighted by molar-refractivity contribution is 7.17. The molecule has 4 rings (SSSR count). The van der Waals surface area contributed by atoms with E-state index >= 15 is 0 Å². The second-order valence-electron chi connectivity index (χ2n) is 7.00. The van der Waals surface area contributed by atoms with E-state index in [9.17, 15) is 9.90 Å². The van der Waals surface area contributed by atoms with Crippen LogP contribution in [0.15, 0.2) is 36.5 Å². The summed E-state index contributed by atoms with van der Waals surface area (Å²) in [5.74, 6) is 0.576. The maximum atomic E-state index is 12.7. The van der Waals surface area contributed by atoms with Crippen LogP contribution in [0.1, 0.15) is 26.4 Å². The lowest BCUT2D eigenvalue weighted by Crippen LogP contribution is -2.12. The Morgan fingerprint density at radius 1 is 1.17 bits per heavy atom. The van der Waals surface area contributed by atoms with Crippen molar-refractivity contribution >= 4 is 44.8 Å². The average molecular weight is 407 g/mol. The van der Waals surface area contributed by atoms with Crippen LogP contribution >= 0.6 is 11.3 Å². The standard InChI is InChI=1S/C21H21N5O2S/c1-11-5-7-14-15(9-11)26(4)25-19(14)24-21-22-10-17(29-21)20(28)23-18-12(2)6-8-16(27)13(18)3/h5-10,27H,1-4H3,(H,23,28)(H,22,24,25). The van der Waals surface area contributed by atoms with Gasteiger partial charge in [0, 0.05) is 18.0 Å². The highest BCUT2D eigenvalue weighted by Gasteiger charge is 2.16. The van der Waals surface area contributed by atoms with Crippen molar-refractivity contribution in [3.05, 3.63) is 58.1 Å². The Morgan fingerprint density at radius 2 is 1.97 bits per heavy atom. The zero-order valence-corrected chi connectivity index (χ0v) is 17.4. The molecule has 148 valence electrons. The molecule has 2 aromatic heterocycles.